The van der Waals surface area contributed by atoms with E-state index in [0.29, 0.717) is 6.61 Å². The molecule has 6 heteroatoms. The molecule has 90 valence electrons. The highest BCUT2D eigenvalue weighted by molar-refractivity contribution is 9.09. The molecule has 0 radical (unpaired) electrons. The van der Waals surface area contributed by atoms with Gasteiger partial charge in [0.25, 0.3) is 0 Å². The molecule has 0 spiro atoms. The van der Waals surface area contributed by atoms with Gasteiger partial charge in [-0.25, -0.2) is 0 Å². The van der Waals surface area contributed by atoms with Crippen LogP contribution >= 0.6 is 15.9 Å². The van der Waals surface area contributed by atoms with E-state index < -0.39 is 11.7 Å². The van der Waals surface area contributed by atoms with Crippen LogP contribution in [0.4, 0.5) is 13.2 Å². The number of allylic oxidation sites excluding steroid dienone is 1. The monoisotopic (exact) mass is 290 g/mol. The summed E-state index contributed by atoms with van der Waals surface area (Å²) < 4.78 is 38.5. The second-order valence-corrected chi connectivity index (χ2v) is 3.14. The molecule has 0 rings (SSSR count). The number of esters is 1. The van der Waals surface area contributed by atoms with E-state index in [2.05, 4.69) is 27.2 Å². The van der Waals surface area contributed by atoms with E-state index in [4.69, 9.17) is 0 Å². The lowest BCUT2D eigenvalue weighted by Gasteiger charge is -2.04. The number of ether oxygens (including phenoxy) is 1. The normalized spacial score (nSPS) is 10.0. The third kappa shape index (κ3) is 13.5. The van der Waals surface area contributed by atoms with Crippen LogP contribution in [0.2, 0.25) is 0 Å². The van der Waals surface area contributed by atoms with Crippen molar-refractivity contribution in [3.8, 4) is 0 Å². The highest BCUT2D eigenvalue weighted by Crippen LogP contribution is 2.24. The van der Waals surface area contributed by atoms with E-state index in [9.17, 15) is 18.0 Å². The Morgan fingerprint density at radius 1 is 1.47 bits per heavy atom. The molecule has 2 nitrogen and oxygen atoms in total. The minimum absolute atomic E-state index is 0.193. The van der Waals surface area contributed by atoms with Gasteiger partial charge in [-0.3, -0.25) is 4.79 Å². The molecule has 0 atom stereocenters. The lowest BCUT2D eigenvalue weighted by Crippen LogP contribution is -2.11. The Morgan fingerprint density at radius 3 is 2.00 bits per heavy atom. The zero-order valence-corrected chi connectivity index (χ0v) is 10.2. The molecule has 0 aliphatic rings. The van der Waals surface area contributed by atoms with Gasteiger partial charge in [-0.2, -0.15) is 13.2 Å². The Kier molecular flexibility index (Phi) is 9.87. The van der Waals surface area contributed by atoms with Gasteiger partial charge in [0, 0.05) is 17.8 Å². The van der Waals surface area contributed by atoms with Crippen LogP contribution in [0.5, 0.6) is 0 Å². The van der Waals surface area contributed by atoms with Crippen molar-refractivity contribution < 1.29 is 22.7 Å². The first-order valence-electron chi connectivity index (χ1n) is 4.20. The fraction of sp³-hybridized carbons (Fsp3) is 0.667. The summed E-state index contributed by atoms with van der Waals surface area (Å²) in [6, 6.07) is 0. The summed E-state index contributed by atoms with van der Waals surface area (Å²) in [4.78, 5) is 9.98. The molecule has 15 heavy (non-hydrogen) atoms. The summed E-state index contributed by atoms with van der Waals surface area (Å²) in [6.45, 7) is 6.70. The summed E-state index contributed by atoms with van der Waals surface area (Å²) in [7, 11) is 0. The Morgan fingerprint density at radius 2 is 1.93 bits per heavy atom. The van der Waals surface area contributed by atoms with E-state index in [1.807, 2.05) is 6.92 Å². The maximum Gasteiger partial charge on any atom is 0.412 e. The second-order valence-electron chi connectivity index (χ2n) is 2.57. The lowest BCUT2D eigenvalue weighted by molar-refractivity contribution is -0.140. The molecule has 0 amide bonds. The van der Waals surface area contributed by atoms with Crippen LogP contribution in [-0.2, 0) is 9.53 Å². The first-order valence-corrected chi connectivity index (χ1v) is 5.32. The summed E-state index contributed by atoms with van der Waals surface area (Å²) in [5, 5.41) is -0.212. The molecule has 0 aromatic rings. The highest BCUT2D eigenvalue weighted by Gasteiger charge is 2.30. The summed E-state index contributed by atoms with van der Waals surface area (Å²) in [5.74, 6) is -0.193. The standard InChI is InChI=1S/C5H10O2.C4H4BrF3/c1-3-4-7-5(2)6;1-3(2-5)4(6,7)8/h3-4H2,1-2H3;1-2H2. The molecule has 0 saturated heterocycles. The Hall–Kier alpha value is -0.520. The van der Waals surface area contributed by atoms with E-state index in [0.717, 1.165) is 6.42 Å². The van der Waals surface area contributed by atoms with E-state index in [1.165, 1.54) is 6.92 Å². The summed E-state index contributed by atoms with van der Waals surface area (Å²) >= 11 is 2.63. The van der Waals surface area contributed by atoms with Crippen molar-refractivity contribution in [2.75, 3.05) is 11.9 Å². The predicted octanol–water partition coefficient (Wildman–Crippen LogP) is 3.46. The van der Waals surface area contributed by atoms with Crippen LogP contribution in [0.25, 0.3) is 0 Å². The first kappa shape index (κ1) is 16.9. The minimum atomic E-state index is -4.23. The third-order valence-corrected chi connectivity index (χ3v) is 1.75. The van der Waals surface area contributed by atoms with Gasteiger partial charge in [0.1, 0.15) is 0 Å². The van der Waals surface area contributed by atoms with Crippen LogP contribution in [0.3, 0.4) is 0 Å². The number of alkyl halides is 4. The average molecular weight is 291 g/mol. The van der Waals surface area contributed by atoms with Crippen LogP contribution in [0.15, 0.2) is 12.2 Å². The van der Waals surface area contributed by atoms with Crippen molar-refractivity contribution >= 4 is 21.9 Å². The topological polar surface area (TPSA) is 26.3 Å². The number of carbonyl (C=O) groups excluding carboxylic acids is 1. The number of rotatable bonds is 3. The van der Waals surface area contributed by atoms with Gasteiger partial charge in [0.05, 0.1) is 6.61 Å². The van der Waals surface area contributed by atoms with Crippen molar-refractivity contribution in [3.05, 3.63) is 12.2 Å². The van der Waals surface area contributed by atoms with Crippen LogP contribution in [-0.4, -0.2) is 24.1 Å². The Bertz CT molecular complexity index is 202. The summed E-state index contributed by atoms with van der Waals surface area (Å²) in [5.41, 5.74) is -0.752. The highest BCUT2D eigenvalue weighted by atomic mass is 79.9. The third-order valence-electron chi connectivity index (χ3n) is 1.07. The number of hydrogen-bond donors (Lipinski definition) is 0. The Balaban J connectivity index is 0. The lowest BCUT2D eigenvalue weighted by atomic mass is 10.3. The van der Waals surface area contributed by atoms with Crippen molar-refractivity contribution in [1.29, 1.82) is 0 Å². The second kappa shape index (κ2) is 8.76. The molecule has 0 N–H and O–H groups in total. The van der Waals surface area contributed by atoms with Gasteiger partial charge >= 0.3 is 12.1 Å². The maximum atomic E-state index is 11.3. The molecule has 0 bridgehead atoms. The first-order chi connectivity index (χ1) is 6.75. The molecule has 0 fully saturated rings. The molecule has 0 aliphatic carbocycles. The zero-order chi connectivity index (χ0) is 12.5. The SMILES string of the molecule is C=C(CBr)C(F)(F)F.CCCOC(C)=O. The van der Waals surface area contributed by atoms with Gasteiger partial charge in [-0.1, -0.05) is 29.4 Å². The number of carbonyl (C=O) groups is 1. The smallest absolute Gasteiger partial charge is 0.412 e. The van der Waals surface area contributed by atoms with Crippen LogP contribution in [0.1, 0.15) is 20.3 Å². The van der Waals surface area contributed by atoms with Crippen molar-refractivity contribution in [2.45, 2.75) is 26.4 Å². The molecule has 0 aromatic carbocycles. The maximum absolute atomic E-state index is 11.3. The molecule has 0 aromatic heterocycles. The Labute approximate surface area is 95.6 Å². The molecule has 0 unspecified atom stereocenters. The summed E-state index contributed by atoms with van der Waals surface area (Å²) in [6.07, 6.45) is -3.33. The van der Waals surface area contributed by atoms with Gasteiger partial charge in [0.15, 0.2) is 0 Å². The molecule has 0 saturated carbocycles. The zero-order valence-electron chi connectivity index (χ0n) is 8.66. The molecular formula is C9H14BrF3O2. The largest absolute Gasteiger partial charge is 0.466 e. The van der Waals surface area contributed by atoms with Crippen molar-refractivity contribution in [2.24, 2.45) is 0 Å². The molecule has 0 aliphatic heterocycles. The number of halogens is 4. The van der Waals surface area contributed by atoms with Crippen molar-refractivity contribution in [3.63, 3.8) is 0 Å². The van der Waals surface area contributed by atoms with Gasteiger partial charge in [-0.15, -0.1) is 0 Å². The van der Waals surface area contributed by atoms with E-state index in [-0.39, 0.29) is 11.3 Å². The van der Waals surface area contributed by atoms with Crippen LogP contribution in [0, 0.1) is 0 Å². The van der Waals surface area contributed by atoms with Gasteiger partial charge in [-0.05, 0) is 6.42 Å². The fourth-order valence-electron chi connectivity index (χ4n) is 0.322. The van der Waals surface area contributed by atoms with E-state index in [1.54, 1.807) is 0 Å². The molecular weight excluding hydrogens is 277 g/mol. The van der Waals surface area contributed by atoms with Crippen molar-refractivity contribution in [1.82, 2.24) is 0 Å². The predicted molar refractivity (Wildman–Crippen MR) is 55.9 cm³/mol. The molecule has 0 heterocycles. The van der Waals surface area contributed by atoms with Crippen LogP contribution < -0.4 is 0 Å². The quantitative estimate of drug-likeness (QED) is 0.452. The number of hydrogen-bond acceptors (Lipinski definition) is 2. The average Bonchev–Trinajstić information content (AvgIpc) is 2.12. The minimum Gasteiger partial charge on any atom is -0.466 e. The fourth-order valence-corrected chi connectivity index (χ4v) is 0.639. The van der Waals surface area contributed by atoms with Gasteiger partial charge in [0.2, 0.25) is 0 Å². The van der Waals surface area contributed by atoms with E-state index >= 15 is 0 Å². The van der Waals surface area contributed by atoms with Gasteiger partial charge < -0.3 is 4.74 Å².